The van der Waals surface area contributed by atoms with Gasteiger partial charge in [0.2, 0.25) is 0 Å². The number of hydrogen-bond donors (Lipinski definition) is 0. The molecule has 142 valence electrons. The second-order valence-electron chi connectivity index (χ2n) is 6.08. The predicted molar refractivity (Wildman–Crippen MR) is 98.7 cm³/mol. The monoisotopic (exact) mass is 384 g/mol. The van der Waals surface area contributed by atoms with Crippen molar-refractivity contribution in [2.75, 3.05) is 7.11 Å². The lowest BCUT2D eigenvalue weighted by molar-refractivity contribution is -0.137. The van der Waals surface area contributed by atoms with Crippen molar-refractivity contribution in [3.8, 4) is 28.5 Å². The molecule has 0 amide bonds. The van der Waals surface area contributed by atoms with Gasteiger partial charge in [-0.2, -0.15) is 13.2 Å². The van der Waals surface area contributed by atoms with Gasteiger partial charge in [0.25, 0.3) is 0 Å². The summed E-state index contributed by atoms with van der Waals surface area (Å²) < 4.78 is 51.0. The van der Waals surface area contributed by atoms with Gasteiger partial charge in [0, 0.05) is 18.0 Å². The van der Waals surface area contributed by atoms with Crippen LogP contribution in [0.1, 0.15) is 5.56 Å². The van der Waals surface area contributed by atoms with Gasteiger partial charge in [0.05, 0.1) is 18.4 Å². The Morgan fingerprint density at radius 1 is 0.929 bits per heavy atom. The highest BCUT2D eigenvalue weighted by Gasteiger charge is 2.30. The Morgan fingerprint density at radius 3 is 2.39 bits per heavy atom. The highest BCUT2D eigenvalue weighted by Crippen LogP contribution is 2.36. The number of halogens is 3. The van der Waals surface area contributed by atoms with Gasteiger partial charge in [-0.1, -0.05) is 6.07 Å². The number of ether oxygens (including phenoxy) is 2. The van der Waals surface area contributed by atoms with E-state index >= 15 is 0 Å². The van der Waals surface area contributed by atoms with Gasteiger partial charge in [-0.3, -0.25) is 0 Å². The maximum Gasteiger partial charge on any atom is 0.416 e. The molecule has 0 saturated carbocycles. The smallest absolute Gasteiger partial charge is 0.416 e. The normalized spacial score (nSPS) is 11.6. The molecular weight excluding hydrogens is 369 g/mol. The number of fused-ring (bicyclic) bond motifs is 1. The molecule has 0 saturated heterocycles. The molecule has 7 heteroatoms. The number of aromatic nitrogens is 2. The highest BCUT2D eigenvalue weighted by molar-refractivity contribution is 5.66. The van der Waals surface area contributed by atoms with Crippen LogP contribution in [0.25, 0.3) is 16.9 Å². The zero-order valence-corrected chi connectivity index (χ0v) is 14.8. The summed E-state index contributed by atoms with van der Waals surface area (Å²) in [5.41, 5.74) is 1.70. The van der Waals surface area contributed by atoms with Crippen molar-refractivity contribution < 1.29 is 22.6 Å². The first kappa shape index (κ1) is 17.9. The molecule has 0 aliphatic rings. The van der Waals surface area contributed by atoms with Crippen LogP contribution in [0.3, 0.4) is 0 Å². The summed E-state index contributed by atoms with van der Waals surface area (Å²) in [5.74, 6) is 1.14. The summed E-state index contributed by atoms with van der Waals surface area (Å²) in [6.45, 7) is 0. The van der Waals surface area contributed by atoms with Gasteiger partial charge in [0.1, 0.15) is 11.4 Å². The lowest BCUT2D eigenvalue weighted by atomic mass is 10.1. The number of alkyl halides is 3. The molecule has 0 radical (unpaired) electrons. The van der Waals surface area contributed by atoms with Gasteiger partial charge >= 0.3 is 6.18 Å². The molecule has 0 bridgehead atoms. The topological polar surface area (TPSA) is 35.8 Å². The average molecular weight is 384 g/mol. The minimum atomic E-state index is -4.38. The summed E-state index contributed by atoms with van der Waals surface area (Å²) in [6.07, 6.45) is -0.572. The maximum atomic E-state index is 12.7. The molecule has 4 aromatic rings. The minimum Gasteiger partial charge on any atom is -0.493 e. The molecule has 0 unspecified atom stereocenters. The molecule has 4 nitrogen and oxygen atoms in total. The van der Waals surface area contributed by atoms with E-state index in [1.165, 1.54) is 19.2 Å². The summed E-state index contributed by atoms with van der Waals surface area (Å²) in [6, 6.07) is 15.5. The van der Waals surface area contributed by atoms with E-state index in [0.29, 0.717) is 11.5 Å². The lowest BCUT2D eigenvalue weighted by Gasteiger charge is -2.12. The number of rotatable bonds is 4. The predicted octanol–water partition coefficient (Wildman–Crippen LogP) is 5.82. The maximum absolute atomic E-state index is 12.7. The van der Waals surface area contributed by atoms with Crippen LogP contribution in [0.15, 0.2) is 73.1 Å². The number of methoxy groups -OCH3 is 1. The molecule has 4 rings (SSSR count). The first-order valence-electron chi connectivity index (χ1n) is 8.41. The lowest BCUT2D eigenvalue weighted by Crippen LogP contribution is -2.04. The van der Waals surface area contributed by atoms with E-state index in [0.717, 1.165) is 29.0 Å². The molecule has 0 aliphatic heterocycles. The second-order valence-corrected chi connectivity index (χ2v) is 6.08. The van der Waals surface area contributed by atoms with E-state index in [1.54, 1.807) is 12.1 Å². The number of pyridine rings is 1. The molecule has 0 fully saturated rings. The molecule has 2 aromatic heterocycles. The molecule has 0 spiro atoms. The number of imidazole rings is 1. The number of hydrogen-bond acceptors (Lipinski definition) is 3. The fourth-order valence-electron chi connectivity index (χ4n) is 2.82. The zero-order valence-electron chi connectivity index (χ0n) is 14.8. The van der Waals surface area contributed by atoms with Crippen LogP contribution in [-0.4, -0.2) is 16.5 Å². The SMILES string of the molecule is COc1cc(-c2cn3ccccc3n2)ccc1Oc1ccc(C(F)(F)F)cc1. The summed E-state index contributed by atoms with van der Waals surface area (Å²) in [4.78, 5) is 4.56. The fraction of sp³-hybridized carbons (Fsp3) is 0.0952. The summed E-state index contributed by atoms with van der Waals surface area (Å²) in [7, 11) is 1.50. The van der Waals surface area contributed by atoms with Crippen molar-refractivity contribution in [3.05, 3.63) is 78.6 Å². The highest BCUT2D eigenvalue weighted by atomic mass is 19.4. The van der Waals surface area contributed by atoms with Crippen molar-refractivity contribution in [2.24, 2.45) is 0 Å². The van der Waals surface area contributed by atoms with E-state index in [4.69, 9.17) is 9.47 Å². The molecule has 0 N–H and O–H groups in total. The van der Waals surface area contributed by atoms with E-state index in [2.05, 4.69) is 4.98 Å². The molecule has 28 heavy (non-hydrogen) atoms. The average Bonchev–Trinajstić information content (AvgIpc) is 3.12. The molecule has 0 atom stereocenters. The third-order valence-corrected chi connectivity index (χ3v) is 4.23. The van der Waals surface area contributed by atoms with Gasteiger partial charge < -0.3 is 13.9 Å². The fourth-order valence-corrected chi connectivity index (χ4v) is 2.82. The third-order valence-electron chi connectivity index (χ3n) is 4.23. The van der Waals surface area contributed by atoms with Crippen molar-refractivity contribution in [1.29, 1.82) is 0 Å². The van der Waals surface area contributed by atoms with Gasteiger partial charge in [0.15, 0.2) is 11.5 Å². The van der Waals surface area contributed by atoms with E-state index < -0.39 is 11.7 Å². The van der Waals surface area contributed by atoms with Gasteiger partial charge in [-0.25, -0.2) is 4.98 Å². The van der Waals surface area contributed by atoms with Crippen molar-refractivity contribution in [1.82, 2.24) is 9.38 Å². The van der Waals surface area contributed by atoms with Crippen molar-refractivity contribution in [3.63, 3.8) is 0 Å². The van der Waals surface area contributed by atoms with Crippen molar-refractivity contribution in [2.45, 2.75) is 6.18 Å². The van der Waals surface area contributed by atoms with Crippen LogP contribution in [0, 0.1) is 0 Å². The molecular formula is C21H15F3N2O2. The van der Waals surface area contributed by atoms with Crippen LogP contribution in [0.5, 0.6) is 17.2 Å². The second kappa shape index (κ2) is 6.92. The Bertz CT molecular complexity index is 1090. The van der Waals surface area contributed by atoms with Gasteiger partial charge in [-0.05, 0) is 54.6 Å². The van der Waals surface area contributed by atoms with Crippen molar-refractivity contribution >= 4 is 5.65 Å². The molecule has 0 aliphatic carbocycles. The van der Waals surface area contributed by atoms with Crippen LogP contribution in [0.2, 0.25) is 0 Å². The minimum absolute atomic E-state index is 0.284. The van der Waals surface area contributed by atoms with E-state index in [1.807, 2.05) is 41.1 Å². The quantitative estimate of drug-likeness (QED) is 0.445. The van der Waals surface area contributed by atoms with Crippen LogP contribution < -0.4 is 9.47 Å². The summed E-state index contributed by atoms with van der Waals surface area (Å²) in [5, 5.41) is 0. The van der Waals surface area contributed by atoms with E-state index in [9.17, 15) is 13.2 Å². The number of benzene rings is 2. The van der Waals surface area contributed by atoms with Gasteiger partial charge in [-0.15, -0.1) is 0 Å². The Balaban J connectivity index is 1.62. The van der Waals surface area contributed by atoms with Crippen LogP contribution in [0.4, 0.5) is 13.2 Å². The van der Waals surface area contributed by atoms with Crippen LogP contribution in [-0.2, 0) is 6.18 Å². The van der Waals surface area contributed by atoms with Crippen LogP contribution >= 0.6 is 0 Å². The summed E-state index contributed by atoms with van der Waals surface area (Å²) >= 11 is 0. The first-order valence-corrected chi connectivity index (χ1v) is 8.41. The molecule has 2 heterocycles. The standard InChI is InChI=1S/C21H15F3N2O2/c1-27-19-12-14(17-13-26-11-3-2-4-20(26)25-17)5-10-18(19)28-16-8-6-15(7-9-16)21(22,23)24/h2-13H,1H3. The Hall–Kier alpha value is -3.48. The Labute approximate surface area is 158 Å². The largest absolute Gasteiger partial charge is 0.493 e. The Kier molecular flexibility index (Phi) is 4.43. The first-order chi connectivity index (χ1) is 13.4. The molecule has 2 aromatic carbocycles. The number of nitrogens with zero attached hydrogens (tertiary/aromatic N) is 2. The zero-order chi connectivity index (χ0) is 19.7. The van der Waals surface area contributed by atoms with E-state index in [-0.39, 0.29) is 5.75 Å². The third kappa shape index (κ3) is 3.51. The Morgan fingerprint density at radius 2 is 1.71 bits per heavy atom.